The number of fused-ring (bicyclic) bond motifs is 5. The predicted molar refractivity (Wildman–Crippen MR) is 97.5 cm³/mol. The van der Waals surface area contributed by atoms with Gasteiger partial charge in [0.2, 0.25) is 6.79 Å². The smallest absolute Gasteiger partial charge is 0.231 e. The van der Waals surface area contributed by atoms with Gasteiger partial charge in [-0.05, 0) is 54.2 Å². The second-order valence-corrected chi connectivity index (χ2v) is 7.10. The van der Waals surface area contributed by atoms with Crippen LogP contribution in [0.15, 0.2) is 24.3 Å². The van der Waals surface area contributed by atoms with Gasteiger partial charge in [0, 0.05) is 24.7 Å². The molecule has 0 fully saturated rings. The van der Waals surface area contributed by atoms with Crippen molar-refractivity contribution in [3.8, 4) is 23.0 Å². The molecule has 0 saturated heterocycles. The number of benzene rings is 2. The molecule has 0 radical (unpaired) electrons. The van der Waals surface area contributed by atoms with E-state index in [0.717, 1.165) is 55.4 Å². The van der Waals surface area contributed by atoms with E-state index in [1.54, 1.807) is 14.2 Å². The van der Waals surface area contributed by atoms with Gasteiger partial charge < -0.3 is 18.9 Å². The molecule has 3 aliphatic rings. The molecule has 0 bridgehead atoms. The summed E-state index contributed by atoms with van der Waals surface area (Å²) in [6, 6.07) is 8.96. The van der Waals surface area contributed by atoms with Crippen molar-refractivity contribution in [2.24, 2.45) is 0 Å². The van der Waals surface area contributed by atoms with Crippen molar-refractivity contribution in [3.63, 3.8) is 0 Å². The molecule has 0 aliphatic carbocycles. The Morgan fingerprint density at radius 1 is 0.962 bits per heavy atom. The highest BCUT2D eigenvalue weighted by Crippen LogP contribution is 2.44. The normalized spacial score (nSPS) is 20.6. The number of hydrogen-bond acceptors (Lipinski definition) is 5. The van der Waals surface area contributed by atoms with Crippen LogP contribution in [0.4, 0.5) is 0 Å². The van der Waals surface area contributed by atoms with Crippen molar-refractivity contribution >= 4 is 0 Å². The quantitative estimate of drug-likeness (QED) is 0.830. The fourth-order valence-corrected chi connectivity index (χ4v) is 4.61. The molecule has 3 heterocycles. The molecule has 2 aromatic carbocycles. The van der Waals surface area contributed by atoms with E-state index in [0.29, 0.717) is 12.8 Å². The molecule has 136 valence electrons. The van der Waals surface area contributed by atoms with E-state index in [4.69, 9.17) is 18.9 Å². The molecular formula is C21H23NO4. The lowest BCUT2D eigenvalue weighted by molar-refractivity contribution is 0.173. The van der Waals surface area contributed by atoms with Crippen LogP contribution in [-0.4, -0.2) is 39.0 Å². The van der Waals surface area contributed by atoms with E-state index < -0.39 is 0 Å². The first-order chi connectivity index (χ1) is 12.8. The molecule has 5 nitrogen and oxygen atoms in total. The minimum atomic E-state index is 0.326. The topological polar surface area (TPSA) is 40.2 Å². The van der Waals surface area contributed by atoms with Crippen molar-refractivity contribution < 1.29 is 18.9 Å². The second kappa shape index (κ2) is 6.09. The lowest BCUT2D eigenvalue weighted by atomic mass is 9.88. The molecule has 3 aliphatic heterocycles. The van der Waals surface area contributed by atoms with E-state index >= 15 is 0 Å². The fraction of sp³-hybridized carbons (Fsp3) is 0.429. The maximum atomic E-state index is 5.69. The Hall–Kier alpha value is -2.40. The average Bonchev–Trinajstić information content (AvgIpc) is 3.04. The van der Waals surface area contributed by atoms with Gasteiger partial charge in [-0.1, -0.05) is 6.07 Å². The summed E-state index contributed by atoms with van der Waals surface area (Å²) in [6.07, 6.45) is 3.01. The number of nitrogens with zero attached hydrogens (tertiary/aromatic N) is 1. The first kappa shape index (κ1) is 15.8. The molecule has 0 saturated carbocycles. The van der Waals surface area contributed by atoms with Crippen molar-refractivity contribution in [1.82, 2.24) is 4.90 Å². The number of rotatable bonds is 2. The fourth-order valence-electron chi connectivity index (χ4n) is 4.61. The lowest BCUT2D eigenvalue weighted by Crippen LogP contribution is -2.36. The van der Waals surface area contributed by atoms with Crippen molar-refractivity contribution in [3.05, 3.63) is 46.5 Å². The number of hydrogen-bond donors (Lipinski definition) is 0. The van der Waals surface area contributed by atoms with Crippen LogP contribution in [0.3, 0.4) is 0 Å². The zero-order valence-corrected chi connectivity index (χ0v) is 15.2. The van der Waals surface area contributed by atoms with Crippen LogP contribution >= 0.6 is 0 Å². The lowest BCUT2D eigenvalue weighted by Gasteiger charge is -2.36. The van der Waals surface area contributed by atoms with Crippen molar-refractivity contribution in [1.29, 1.82) is 0 Å². The highest BCUT2D eigenvalue weighted by atomic mass is 16.7. The minimum Gasteiger partial charge on any atom is -0.493 e. The molecule has 5 rings (SSSR count). The Morgan fingerprint density at radius 3 is 2.58 bits per heavy atom. The summed E-state index contributed by atoms with van der Waals surface area (Å²) in [4.78, 5) is 2.59. The third kappa shape index (κ3) is 2.34. The molecule has 0 spiro atoms. The zero-order chi connectivity index (χ0) is 17.7. The van der Waals surface area contributed by atoms with Crippen LogP contribution in [0.5, 0.6) is 23.0 Å². The van der Waals surface area contributed by atoms with Crippen LogP contribution < -0.4 is 18.9 Å². The maximum Gasteiger partial charge on any atom is 0.231 e. The first-order valence-corrected chi connectivity index (χ1v) is 9.17. The highest BCUT2D eigenvalue weighted by Gasteiger charge is 2.33. The van der Waals surface area contributed by atoms with Gasteiger partial charge in [0.1, 0.15) is 0 Å². The predicted octanol–water partition coefficient (Wildman–Crippen LogP) is 3.13. The largest absolute Gasteiger partial charge is 0.493 e. The second-order valence-electron chi connectivity index (χ2n) is 7.10. The standard InChI is InChI=1S/C21H23NO4/c1-23-18-4-3-13-9-17-16-11-20-19(25-12-26-20)10-14(16)5-7-22(17)8-6-15(13)21(18)24-2/h3-4,10-11,17H,5-9,12H2,1-2H3. The van der Waals surface area contributed by atoms with Gasteiger partial charge in [0.25, 0.3) is 0 Å². The third-order valence-electron chi connectivity index (χ3n) is 5.91. The van der Waals surface area contributed by atoms with Crippen LogP contribution in [0.2, 0.25) is 0 Å². The summed E-state index contributed by atoms with van der Waals surface area (Å²) in [5.74, 6) is 3.46. The highest BCUT2D eigenvalue weighted by molar-refractivity contribution is 5.54. The minimum absolute atomic E-state index is 0.326. The Balaban J connectivity index is 1.58. The van der Waals surface area contributed by atoms with Gasteiger partial charge >= 0.3 is 0 Å². The molecule has 1 atom stereocenters. The van der Waals surface area contributed by atoms with Gasteiger partial charge in [0.05, 0.1) is 14.2 Å². The zero-order valence-electron chi connectivity index (χ0n) is 15.2. The van der Waals surface area contributed by atoms with Gasteiger partial charge in [0.15, 0.2) is 23.0 Å². The molecule has 0 N–H and O–H groups in total. The molecule has 2 aromatic rings. The summed E-state index contributed by atoms with van der Waals surface area (Å²) in [5.41, 5.74) is 5.40. The van der Waals surface area contributed by atoms with Crippen LogP contribution in [0.1, 0.15) is 28.3 Å². The molecule has 5 heteroatoms. The van der Waals surface area contributed by atoms with E-state index in [9.17, 15) is 0 Å². The van der Waals surface area contributed by atoms with Crippen LogP contribution in [0, 0.1) is 0 Å². The molecule has 1 unspecified atom stereocenters. The third-order valence-corrected chi connectivity index (χ3v) is 5.91. The average molecular weight is 353 g/mol. The molecule has 0 aromatic heterocycles. The Kier molecular flexibility index (Phi) is 3.71. The van der Waals surface area contributed by atoms with Crippen molar-refractivity contribution in [2.75, 3.05) is 34.1 Å². The van der Waals surface area contributed by atoms with Crippen LogP contribution in [0.25, 0.3) is 0 Å². The van der Waals surface area contributed by atoms with E-state index in [1.807, 2.05) is 6.07 Å². The summed E-state index contributed by atoms with van der Waals surface area (Å²) in [6.45, 7) is 2.42. The van der Waals surface area contributed by atoms with E-state index in [1.165, 1.54) is 22.3 Å². The van der Waals surface area contributed by atoms with Crippen LogP contribution in [-0.2, 0) is 19.3 Å². The molecule has 0 amide bonds. The molecule has 26 heavy (non-hydrogen) atoms. The van der Waals surface area contributed by atoms with Gasteiger partial charge in [-0.3, -0.25) is 4.90 Å². The summed E-state index contributed by atoms with van der Waals surface area (Å²) in [7, 11) is 3.43. The first-order valence-electron chi connectivity index (χ1n) is 9.17. The summed E-state index contributed by atoms with van der Waals surface area (Å²) in [5, 5.41) is 0. The van der Waals surface area contributed by atoms with E-state index in [2.05, 4.69) is 23.1 Å². The Labute approximate surface area is 153 Å². The monoisotopic (exact) mass is 353 g/mol. The SMILES string of the molecule is COc1ccc2c(c1OC)CCN1CCc3cc4c(cc3C1C2)OCO4. The van der Waals surface area contributed by atoms with E-state index in [-0.39, 0.29) is 0 Å². The van der Waals surface area contributed by atoms with Gasteiger partial charge in [-0.2, -0.15) is 0 Å². The maximum absolute atomic E-state index is 5.69. The number of ether oxygens (including phenoxy) is 4. The Morgan fingerprint density at radius 2 is 1.77 bits per heavy atom. The molecular weight excluding hydrogens is 330 g/mol. The summed E-state index contributed by atoms with van der Waals surface area (Å²) < 4.78 is 22.4. The van der Waals surface area contributed by atoms with Crippen molar-refractivity contribution in [2.45, 2.75) is 25.3 Å². The van der Waals surface area contributed by atoms with Gasteiger partial charge in [-0.15, -0.1) is 0 Å². The Bertz CT molecular complexity index is 864. The van der Waals surface area contributed by atoms with Gasteiger partial charge in [-0.25, -0.2) is 0 Å². The summed E-state index contributed by atoms with van der Waals surface area (Å²) >= 11 is 0. The number of methoxy groups -OCH3 is 2.